The number of carbonyl (C=O) groups is 1. The summed E-state index contributed by atoms with van der Waals surface area (Å²) >= 11 is 0. The fraction of sp³-hybridized carbons (Fsp3) is 0.371. The zero-order chi connectivity index (χ0) is 29.9. The number of aryl methyl sites for hydroxylation is 2. The van der Waals surface area contributed by atoms with E-state index in [0.717, 1.165) is 61.5 Å². The van der Waals surface area contributed by atoms with Crippen molar-refractivity contribution >= 4 is 16.9 Å². The van der Waals surface area contributed by atoms with Crippen LogP contribution in [0, 0.1) is 13.8 Å². The molecule has 3 aromatic carbocycles. The van der Waals surface area contributed by atoms with E-state index in [9.17, 15) is 9.59 Å². The minimum Gasteiger partial charge on any atom is -0.490 e. The van der Waals surface area contributed by atoms with Crippen LogP contribution in [0.25, 0.3) is 11.0 Å². The van der Waals surface area contributed by atoms with E-state index in [1.165, 1.54) is 0 Å². The van der Waals surface area contributed by atoms with E-state index in [0.29, 0.717) is 47.8 Å². The maximum atomic E-state index is 14.1. The first kappa shape index (κ1) is 29.0. The van der Waals surface area contributed by atoms with E-state index in [4.69, 9.17) is 18.6 Å². The Bertz CT molecular complexity index is 1680. The average molecular weight is 583 g/mol. The number of nitrogens with zero attached hydrogens (tertiary/aromatic N) is 2. The lowest BCUT2D eigenvalue weighted by atomic mass is 9.97. The van der Waals surface area contributed by atoms with Crippen molar-refractivity contribution in [2.24, 2.45) is 0 Å². The van der Waals surface area contributed by atoms with Gasteiger partial charge in [0.15, 0.2) is 16.9 Å². The van der Waals surface area contributed by atoms with Gasteiger partial charge in [-0.15, -0.1) is 0 Å². The Labute approximate surface area is 251 Å². The van der Waals surface area contributed by atoms with Crippen molar-refractivity contribution < 1.29 is 23.4 Å². The zero-order valence-electron chi connectivity index (χ0n) is 25.1. The highest BCUT2D eigenvalue weighted by Crippen LogP contribution is 2.41. The first-order chi connectivity index (χ1) is 20.9. The molecule has 224 valence electrons. The number of rotatable bonds is 10. The fourth-order valence-electron chi connectivity index (χ4n) is 5.96. The molecular weight excluding hydrogens is 544 g/mol. The Morgan fingerprint density at radius 2 is 1.65 bits per heavy atom. The van der Waals surface area contributed by atoms with E-state index >= 15 is 0 Å². The minimum absolute atomic E-state index is 0.125. The molecule has 6 rings (SSSR count). The van der Waals surface area contributed by atoms with Crippen molar-refractivity contribution in [2.45, 2.75) is 39.8 Å². The van der Waals surface area contributed by atoms with Gasteiger partial charge in [-0.25, -0.2) is 0 Å². The van der Waals surface area contributed by atoms with Gasteiger partial charge < -0.3 is 23.5 Å². The number of hydrogen-bond donors (Lipinski definition) is 0. The third-order valence-corrected chi connectivity index (χ3v) is 8.38. The van der Waals surface area contributed by atoms with Crippen molar-refractivity contribution in [3.8, 4) is 11.5 Å². The highest BCUT2D eigenvalue weighted by molar-refractivity contribution is 5.99. The fourth-order valence-corrected chi connectivity index (χ4v) is 5.96. The molecule has 4 aromatic rings. The second kappa shape index (κ2) is 12.6. The molecule has 0 bridgehead atoms. The highest BCUT2D eigenvalue weighted by Gasteiger charge is 2.43. The Hall–Kier alpha value is -4.14. The van der Waals surface area contributed by atoms with Gasteiger partial charge in [-0.1, -0.05) is 36.4 Å². The van der Waals surface area contributed by atoms with Gasteiger partial charge in [0.25, 0.3) is 5.91 Å². The van der Waals surface area contributed by atoms with Gasteiger partial charge in [0.2, 0.25) is 5.76 Å². The monoisotopic (exact) mass is 582 g/mol. The van der Waals surface area contributed by atoms with Crippen molar-refractivity contribution in [3.05, 3.63) is 104 Å². The van der Waals surface area contributed by atoms with Gasteiger partial charge in [0.05, 0.1) is 36.8 Å². The van der Waals surface area contributed by atoms with Crippen molar-refractivity contribution in [1.82, 2.24) is 9.80 Å². The summed E-state index contributed by atoms with van der Waals surface area (Å²) < 4.78 is 23.9. The van der Waals surface area contributed by atoms with Crippen LogP contribution in [-0.2, 0) is 11.3 Å². The van der Waals surface area contributed by atoms with Crippen molar-refractivity contribution in [2.75, 3.05) is 46.0 Å². The summed E-state index contributed by atoms with van der Waals surface area (Å²) in [6.07, 6.45) is 0.763. The van der Waals surface area contributed by atoms with Crippen LogP contribution in [0.2, 0.25) is 0 Å². The molecule has 0 spiro atoms. The number of fused-ring (bicyclic) bond motifs is 2. The summed E-state index contributed by atoms with van der Waals surface area (Å²) in [5, 5.41) is 0.489. The number of benzene rings is 3. The molecule has 0 aliphatic carbocycles. The SMILES string of the molecule is CCOc1cc(C2c3c(oc4cc(C)c(C)cc4c3=O)C(=O)N2CCCN2CCOCC2)ccc1OCc1ccccc1. The van der Waals surface area contributed by atoms with Crippen LogP contribution in [0.4, 0.5) is 0 Å². The summed E-state index contributed by atoms with van der Waals surface area (Å²) in [6, 6.07) is 18.8. The Balaban J connectivity index is 1.38. The van der Waals surface area contributed by atoms with Gasteiger partial charge in [-0.05, 0) is 73.7 Å². The molecule has 0 radical (unpaired) electrons. The van der Waals surface area contributed by atoms with Crippen LogP contribution in [0.15, 0.2) is 69.9 Å². The topological polar surface area (TPSA) is 81.5 Å². The Kier molecular flexibility index (Phi) is 8.49. The van der Waals surface area contributed by atoms with Crippen LogP contribution >= 0.6 is 0 Å². The maximum Gasteiger partial charge on any atom is 0.290 e. The van der Waals surface area contributed by atoms with Crippen LogP contribution < -0.4 is 14.9 Å². The number of amides is 1. The van der Waals surface area contributed by atoms with Gasteiger partial charge in [0, 0.05) is 26.2 Å². The van der Waals surface area contributed by atoms with Gasteiger partial charge in [0.1, 0.15) is 12.2 Å². The molecule has 8 nitrogen and oxygen atoms in total. The first-order valence-electron chi connectivity index (χ1n) is 15.1. The lowest BCUT2D eigenvalue weighted by molar-refractivity contribution is 0.0353. The molecule has 3 heterocycles. The lowest BCUT2D eigenvalue weighted by Crippen LogP contribution is -2.38. The standard InChI is InChI=1S/C35H38N2O6/c1-4-41-30-21-26(11-12-28(30)42-22-25-9-6-5-7-10-25)32-31-33(38)27-19-23(2)24(3)20-29(27)43-34(31)35(39)37(32)14-8-13-36-15-17-40-18-16-36/h5-7,9-12,19-21,32H,4,8,13-18,22H2,1-3H3. The number of ether oxygens (including phenoxy) is 3. The molecule has 2 aliphatic heterocycles. The van der Waals surface area contributed by atoms with E-state index < -0.39 is 6.04 Å². The summed E-state index contributed by atoms with van der Waals surface area (Å²) in [7, 11) is 0. The second-order valence-corrected chi connectivity index (χ2v) is 11.2. The summed E-state index contributed by atoms with van der Waals surface area (Å²) in [5.74, 6) is 1.04. The van der Waals surface area contributed by atoms with E-state index in [1.807, 2.05) is 81.4 Å². The van der Waals surface area contributed by atoms with E-state index in [-0.39, 0.29) is 17.1 Å². The summed E-state index contributed by atoms with van der Waals surface area (Å²) in [4.78, 5) is 32.2. The first-order valence-corrected chi connectivity index (χ1v) is 15.1. The Morgan fingerprint density at radius 3 is 2.42 bits per heavy atom. The molecular formula is C35H38N2O6. The molecule has 1 saturated heterocycles. The molecule has 0 N–H and O–H groups in total. The normalized spacial score (nSPS) is 17.0. The van der Waals surface area contributed by atoms with Gasteiger partial charge in [-0.2, -0.15) is 0 Å². The van der Waals surface area contributed by atoms with Gasteiger partial charge in [-0.3, -0.25) is 14.5 Å². The van der Waals surface area contributed by atoms with E-state index in [2.05, 4.69) is 4.90 Å². The minimum atomic E-state index is -0.600. The third kappa shape index (κ3) is 5.90. The lowest BCUT2D eigenvalue weighted by Gasteiger charge is -2.29. The van der Waals surface area contributed by atoms with Crippen LogP contribution in [0.1, 0.15) is 57.8 Å². The molecule has 1 aromatic heterocycles. The molecule has 1 amide bonds. The molecule has 1 atom stereocenters. The van der Waals surface area contributed by atoms with Crippen LogP contribution in [0.3, 0.4) is 0 Å². The second-order valence-electron chi connectivity index (χ2n) is 11.2. The number of morpholine rings is 1. The smallest absolute Gasteiger partial charge is 0.290 e. The molecule has 43 heavy (non-hydrogen) atoms. The largest absolute Gasteiger partial charge is 0.490 e. The molecule has 8 heteroatoms. The number of hydrogen-bond acceptors (Lipinski definition) is 7. The third-order valence-electron chi connectivity index (χ3n) is 8.38. The van der Waals surface area contributed by atoms with Gasteiger partial charge >= 0.3 is 0 Å². The molecule has 0 saturated carbocycles. The quantitative estimate of drug-likeness (QED) is 0.239. The van der Waals surface area contributed by atoms with Crippen LogP contribution in [0.5, 0.6) is 11.5 Å². The molecule has 2 aliphatic rings. The van der Waals surface area contributed by atoms with E-state index in [1.54, 1.807) is 4.90 Å². The average Bonchev–Trinajstić information content (AvgIpc) is 3.30. The maximum absolute atomic E-state index is 14.1. The summed E-state index contributed by atoms with van der Waals surface area (Å²) in [5.41, 5.74) is 4.49. The Morgan fingerprint density at radius 1 is 0.884 bits per heavy atom. The molecule has 1 unspecified atom stereocenters. The molecule has 1 fully saturated rings. The highest BCUT2D eigenvalue weighted by atomic mass is 16.5. The van der Waals surface area contributed by atoms with Crippen molar-refractivity contribution in [3.63, 3.8) is 0 Å². The van der Waals surface area contributed by atoms with Crippen LogP contribution in [-0.4, -0.2) is 61.7 Å². The summed E-state index contributed by atoms with van der Waals surface area (Å²) in [6.45, 7) is 11.2. The van der Waals surface area contributed by atoms with Crippen molar-refractivity contribution in [1.29, 1.82) is 0 Å². The predicted octanol–water partition coefficient (Wildman–Crippen LogP) is 5.66. The zero-order valence-corrected chi connectivity index (χ0v) is 25.1. The predicted molar refractivity (Wildman–Crippen MR) is 165 cm³/mol. The number of carbonyl (C=O) groups excluding carboxylic acids is 1.